The van der Waals surface area contributed by atoms with Crippen LogP contribution in [0, 0.1) is 5.41 Å². The van der Waals surface area contributed by atoms with Gasteiger partial charge in [-0.1, -0.05) is 27.2 Å². The molecule has 0 aromatic rings. The molecule has 1 heterocycles. The van der Waals surface area contributed by atoms with E-state index in [-0.39, 0.29) is 5.91 Å². The van der Waals surface area contributed by atoms with Crippen LogP contribution in [0.4, 0.5) is 0 Å². The molecule has 100 valence electrons. The third-order valence-electron chi connectivity index (χ3n) is 4.10. The Balaban J connectivity index is 2.16. The summed E-state index contributed by atoms with van der Waals surface area (Å²) in [5.74, 6) is 0.219. The van der Waals surface area contributed by atoms with Gasteiger partial charge in [0.05, 0.1) is 0 Å². The van der Waals surface area contributed by atoms with Crippen molar-refractivity contribution in [1.82, 2.24) is 9.80 Å². The Morgan fingerprint density at radius 2 is 1.76 bits per heavy atom. The first-order valence-corrected chi connectivity index (χ1v) is 6.92. The van der Waals surface area contributed by atoms with Crippen molar-refractivity contribution in [3.8, 4) is 0 Å². The molecule has 1 rings (SSSR count). The van der Waals surface area contributed by atoms with E-state index in [9.17, 15) is 4.79 Å². The summed E-state index contributed by atoms with van der Waals surface area (Å²) >= 11 is 0. The van der Waals surface area contributed by atoms with Crippen molar-refractivity contribution in [2.24, 2.45) is 5.41 Å². The minimum atomic E-state index is 0.219. The molecule has 1 amide bonds. The molecule has 1 aliphatic heterocycles. The van der Waals surface area contributed by atoms with Crippen molar-refractivity contribution in [1.29, 1.82) is 0 Å². The van der Waals surface area contributed by atoms with Crippen LogP contribution in [0.15, 0.2) is 0 Å². The standard InChI is InChI=1S/C14H28N2O/c1-5-14(3,4)7-6-8-15-9-11-16(12-10-15)13(2)17/h5-12H2,1-4H3. The van der Waals surface area contributed by atoms with Crippen molar-refractivity contribution in [2.75, 3.05) is 32.7 Å². The van der Waals surface area contributed by atoms with Crippen LogP contribution in [0.2, 0.25) is 0 Å². The highest BCUT2D eigenvalue weighted by Gasteiger charge is 2.19. The topological polar surface area (TPSA) is 23.6 Å². The molecule has 0 N–H and O–H groups in total. The first-order valence-electron chi connectivity index (χ1n) is 6.92. The Bertz CT molecular complexity index is 243. The predicted molar refractivity (Wildman–Crippen MR) is 72.0 cm³/mol. The van der Waals surface area contributed by atoms with Crippen molar-refractivity contribution >= 4 is 5.91 Å². The number of hydrogen-bond donors (Lipinski definition) is 0. The minimum absolute atomic E-state index is 0.219. The second kappa shape index (κ2) is 6.39. The highest BCUT2D eigenvalue weighted by atomic mass is 16.2. The third-order valence-corrected chi connectivity index (χ3v) is 4.10. The van der Waals surface area contributed by atoms with Gasteiger partial charge in [0.1, 0.15) is 0 Å². The number of hydrogen-bond acceptors (Lipinski definition) is 2. The van der Waals surface area contributed by atoms with E-state index < -0.39 is 0 Å². The van der Waals surface area contributed by atoms with Gasteiger partial charge in [-0.25, -0.2) is 0 Å². The fraction of sp³-hybridized carbons (Fsp3) is 0.929. The van der Waals surface area contributed by atoms with E-state index in [1.54, 1.807) is 6.92 Å². The van der Waals surface area contributed by atoms with Crippen LogP contribution in [-0.4, -0.2) is 48.4 Å². The zero-order chi connectivity index (χ0) is 12.9. The highest BCUT2D eigenvalue weighted by Crippen LogP contribution is 2.26. The molecule has 0 bridgehead atoms. The Morgan fingerprint density at radius 1 is 1.18 bits per heavy atom. The SMILES string of the molecule is CCC(C)(C)CCCN1CCN(C(C)=O)CC1. The van der Waals surface area contributed by atoms with Gasteiger partial charge in [0.25, 0.3) is 0 Å². The van der Waals surface area contributed by atoms with Crippen LogP contribution in [0.5, 0.6) is 0 Å². The number of rotatable bonds is 5. The summed E-state index contributed by atoms with van der Waals surface area (Å²) in [6.45, 7) is 13.7. The molecule has 0 aromatic carbocycles. The van der Waals surface area contributed by atoms with Crippen molar-refractivity contribution in [2.45, 2.75) is 47.0 Å². The summed E-state index contributed by atoms with van der Waals surface area (Å²) in [6.07, 6.45) is 3.84. The van der Waals surface area contributed by atoms with Gasteiger partial charge in [0.15, 0.2) is 0 Å². The fourth-order valence-corrected chi connectivity index (χ4v) is 2.24. The van der Waals surface area contributed by atoms with Gasteiger partial charge >= 0.3 is 0 Å². The van der Waals surface area contributed by atoms with E-state index in [4.69, 9.17) is 0 Å². The predicted octanol–water partition coefficient (Wildman–Crippen LogP) is 2.37. The van der Waals surface area contributed by atoms with E-state index in [2.05, 4.69) is 25.7 Å². The summed E-state index contributed by atoms with van der Waals surface area (Å²) in [6, 6.07) is 0. The molecule has 0 aliphatic carbocycles. The van der Waals surface area contributed by atoms with Crippen LogP contribution < -0.4 is 0 Å². The van der Waals surface area contributed by atoms with E-state index in [0.717, 1.165) is 26.2 Å². The molecule has 0 atom stereocenters. The van der Waals surface area contributed by atoms with Crippen LogP contribution in [-0.2, 0) is 4.79 Å². The maximum absolute atomic E-state index is 11.2. The lowest BCUT2D eigenvalue weighted by molar-refractivity contribution is -0.130. The van der Waals surface area contributed by atoms with Crippen molar-refractivity contribution < 1.29 is 4.79 Å². The molecule has 0 radical (unpaired) electrons. The van der Waals surface area contributed by atoms with Gasteiger partial charge in [0.2, 0.25) is 5.91 Å². The lowest BCUT2D eigenvalue weighted by Gasteiger charge is -2.34. The second-order valence-electron chi connectivity index (χ2n) is 5.97. The minimum Gasteiger partial charge on any atom is -0.340 e. The molecule has 1 saturated heterocycles. The van der Waals surface area contributed by atoms with Gasteiger partial charge in [0, 0.05) is 33.1 Å². The van der Waals surface area contributed by atoms with E-state index in [1.807, 2.05) is 4.90 Å². The molecule has 0 spiro atoms. The first kappa shape index (κ1) is 14.5. The molecule has 3 nitrogen and oxygen atoms in total. The maximum Gasteiger partial charge on any atom is 0.219 e. The Morgan fingerprint density at radius 3 is 2.24 bits per heavy atom. The molecule has 1 fully saturated rings. The molecule has 3 heteroatoms. The van der Waals surface area contributed by atoms with Crippen LogP contribution in [0.1, 0.15) is 47.0 Å². The smallest absolute Gasteiger partial charge is 0.219 e. The van der Waals surface area contributed by atoms with E-state index >= 15 is 0 Å². The van der Waals surface area contributed by atoms with Gasteiger partial charge in [-0.3, -0.25) is 9.69 Å². The van der Waals surface area contributed by atoms with Crippen LogP contribution in [0.3, 0.4) is 0 Å². The zero-order valence-corrected chi connectivity index (χ0v) is 12.0. The lowest BCUT2D eigenvalue weighted by atomic mass is 9.85. The number of amides is 1. The Hall–Kier alpha value is -0.570. The zero-order valence-electron chi connectivity index (χ0n) is 12.0. The van der Waals surface area contributed by atoms with Gasteiger partial charge in [-0.2, -0.15) is 0 Å². The Labute approximate surface area is 106 Å². The maximum atomic E-state index is 11.2. The highest BCUT2D eigenvalue weighted by molar-refractivity contribution is 5.73. The van der Waals surface area contributed by atoms with E-state index in [1.165, 1.54) is 25.8 Å². The molecular formula is C14H28N2O. The Kier molecular flexibility index (Phi) is 5.44. The molecule has 0 unspecified atom stereocenters. The molecular weight excluding hydrogens is 212 g/mol. The molecule has 0 aromatic heterocycles. The first-order chi connectivity index (χ1) is 7.94. The van der Waals surface area contributed by atoms with Crippen LogP contribution >= 0.6 is 0 Å². The summed E-state index contributed by atoms with van der Waals surface area (Å²) in [7, 11) is 0. The van der Waals surface area contributed by atoms with Gasteiger partial charge in [-0.05, 0) is 24.8 Å². The molecule has 17 heavy (non-hydrogen) atoms. The summed E-state index contributed by atoms with van der Waals surface area (Å²) in [5, 5.41) is 0. The summed E-state index contributed by atoms with van der Waals surface area (Å²) < 4.78 is 0. The summed E-state index contributed by atoms with van der Waals surface area (Å²) in [4.78, 5) is 15.6. The normalized spacial score (nSPS) is 18.5. The van der Waals surface area contributed by atoms with Crippen LogP contribution in [0.25, 0.3) is 0 Å². The van der Waals surface area contributed by atoms with Crippen molar-refractivity contribution in [3.05, 3.63) is 0 Å². The lowest BCUT2D eigenvalue weighted by Crippen LogP contribution is -2.48. The number of carbonyl (C=O) groups excluding carboxylic acids is 1. The average Bonchev–Trinajstić information content (AvgIpc) is 2.29. The largest absolute Gasteiger partial charge is 0.340 e. The average molecular weight is 240 g/mol. The third kappa shape index (κ3) is 5.07. The number of piperazine rings is 1. The number of nitrogens with zero attached hydrogens (tertiary/aromatic N) is 2. The molecule has 0 saturated carbocycles. The number of carbonyl (C=O) groups is 1. The monoisotopic (exact) mass is 240 g/mol. The van der Waals surface area contributed by atoms with Crippen molar-refractivity contribution in [3.63, 3.8) is 0 Å². The van der Waals surface area contributed by atoms with Gasteiger partial charge < -0.3 is 4.90 Å². The summed E-state index contributed by atoms with van der Waals surface area (Å²) in [5.41, 5.74) is 0.487. The second-order valence-corrected chi connectivity index (χ2v) is 5.97. The fourth-order valence-electron chi connectivity index (χ4n) is 2.24. The van der Waals surface area contributed by atoms with Gasteiger partial charge in [-0.15, -0.1) is 0 Å². The molecule has 1 aliphatic rings. The quantitative estimate of drug-likeness (QED) is 0.736. The van der Waals surface area contributed by atoms with E-state index in [0.29, 0.717) is 5.41 Å².